The first-order valence-electron chi connectivity index (χ1n) is 11.6. The van der Waals surface area contributed by atoms with Gasteiger partial charge < -0.3 is 19.1 Å². The van der Waals surface area contributed by atoms with E-state index in [4.69, 9.17) is 14.6 Å². The van der Waals surface area contributed by atoms with Gasteiger partial charge in [0.1, 0.15) is 18.1 Å². The highest BCUT2D eigenvalue weighted by Crippen LogP contribution is 2.39. The molecule has 1 aliphatic heterocycles. The predicted molar refractivity (Wildman–Crippen MR) is 120 cm³/mol. The summed E-state index contributed by atoms with van der Waals surface area (Å²) in [5.41, 5.74) is 1.64. The summed E-state index contributed by atoms with van der Waals surface area (Å²) in [6, 6.07) is 11.7. The molecule has 3 aromatic rings. The fourth-order valence-electron chi connectivity index (χ4n) is 5.14. The van der Waals surface area contributed by atoms with Crippen molar-refractivity contribution in [1.82, 2.24) is 4.57 Å². The minimum Gasteiger partial charge on any atom is -0.490 e. The Labute approximate surface area is 195 Å². The molecule has 34 heavy (non-hydrogen) atoms. The Morgan fingerprint density at radius 2 is 1.85 bits per heavy atom. The number of benzene rings is 2. The van der Waals surface area contributed by atoms with E-state index in [-0.39, 0.29) is 30.8 Å². The maximum atomic E-state index is 13.7. The van der Waals surface area contributed by atoms with Crippen molar-refractivity contribution in [2.45, 2.75) is 69.9 Å². The van der Waals surface area contributed by atoms with Crippen molar-refractivity contribution in [3.05, 3.63) is 59.3 Å². The Morgan fingerprint density at radius 3 is 2.59 bits per heavy atom. The largest absolute Gasteiger partial charge is 0.490 e. The van der Waals surface area contributed by atoms with E-state index in [1.807, 2.05) is 18.2 Å². The average Bonchev–Trinajstić information content (AvgIpc) is 3.50. The lowest BCUT2D eigenvalue weighted by Gasteiger charge is -2.19. The van der Waals surface area contributed by atoms with Crippen LogP contribution in [0.1, 0.15) is 61.3 Å². The van der Waals surface area contributed by atoms with Crippen LogP contribution < -0.4 is 9.47 Å². The standard InChI is InChI=1S/C26H26F3NO4/c27-26(28,29)21-11-16(5-8-24(21)34-19-3-1-2-4-19)15-33-20-6-7-22-18(12-20)13-23-17(14-25(31)32)9-10-30(22)23/h5-8,11-13,17,19H,1-4,9-10,14-15H2,(H,31,32)/t17-/m0/s1. The number of alkyl halides is 3. The monoisotopic (exact) mass is 473 g/mol. The number of fused-ring (bicyclic) bond motifs is 3. The van der Waals surface area contributed by atoms with Gasteiger partial charge in [-0.15, -0.1) is 0 Å². The van der Waals surface area contributed by atoms with E-state index in [2.05, 4.69) is 4.57 Å². The summed E-state index contributed by atoms with van der Waals surface area (Å²) in [5, 5.41) is 10.1. The zero-order valence-electron chi connectivity index (χ0n) is 18.6. The zero-order valence-corrected chi connectivity index (χ0v) is 18.6. The Balaban J connectivity index is 1.32. The molecule has 5 nitrogen and oxygen atoms in total. The van der Waals surface area contributed by atoms with E-state index in [0.717, 1.165) is 61.3 Å². The van der Waals surface area contributed by atoms with Gasteiger partial charge in [0.25, 0.3) is 0 Å². The number of carbonyl (C=O) groups is 1. The zero-order chi connectivity index (χ0) is 23.9. The number of hydrogen-bond donors (Lipinski definition) is 1. The summed E-state index contributed by atoms with van der Waals surface area (Å²) in [5.74, 6) is -0.402. The van der Waals surface area contributed by atoms with Crippen LogP contribution in [0.25, 0.3) is 10.9 Å². The highest BCUT2D eigenvalue weighted by atomic mass is 19.4. The Bertz CT molecular complexity index is 1210. The first-order valence-corrected chi connectivity index (χ1v) is 11.6. The molecule has 1 saturated carbocycles. The predicted octanol–water partition coefficient (Wildman–Crippen LogP) is 6.52. The summed E-state index contributed by atoms with van der Waals surface area (Å²) in [4.78, 5) is 11.1. The average molecular weight is 473 g/mol. The van der Waals surface area contributed by atoms with Crippen LogP contribution >= 0.6 is 0 Å². The lowest BCUT2D eigenvalue weighted by atomic mass is 10.0. The van der Waals surface area contributed by atoms with Gasteiger partial charge in [0.05, 0.1) is 18.1 Å². The molecular formula is C26H26F3NO4. The Kier molecular flexibility index (Phi) is 5.91. The van der Waals surface area contributed by atoms with Gasteiger partial charge in [-0.2, -0.15) is 13.2 Å². The summed E-state index contributed by atoms with van der Waals surface area (Å²) >= 11 is 0. The molecule has 0 spiro atoms. The van der Waals surface area contributed by atoms with Crippen molar-refractivity contribution in [2.24, 2.45) is 0 Å². The van der Waals surface area contributed by atoms with Crippen LogP contribution in [0.2, 0.25) is 0 Å². The lowest BCUT2D eigenvalue weighted by molar-refractivity contribution is -0.139. The molecule has 0 bridgehead atoms. The third-order valence-corrected chi connectivity index (χ3v) is 6.80. The molecule has 0 saturated heterocycles. The van der Waals surface area contributed by atoms with Gasteiger partial charge in [-0.3, -0.25) is 4.79 Å². The third-order valence-electron chi connectivity index (χ3n) is 6.80. The van der Waals surface area contributed by atoms with Gasteiger partial charge >= 0.3 is 12.1 Å². The van der Waals surface area contributed by atoms with Gasteiger partial charge in [0, 0.05) is 29.1 Å². The normalized spacial score (nSPS) is 18.4. The van der Waals surface area contributed by atoms with Crippen LogP contribution in [0.4, 0.5) is 13.2 Å². The SMILES string of the molecule is O=C(O)C[C@@H]1CCn2c1cc1cc(OCc3ccc(OC4CCCC4)c(C(F)(F)F)c3)ccc12. The third kappa shape index (κ3) is 4.58. The number of ether oxygens (including phenoxy) is 2. The van der Waals surface area contributed by atoms with Gasteiger partial charge in [0.2, 0.25) is 0 Å². The summed E-state index contributed by atoms with van der Waals surface area (Å²) in [6.45, 7) is 0.764. The van der Waals surface area contributed by atoms with Crippen LogP contribution in [-0.4, -0.2) is 21.7 Å². The van der Waals surface area contributed by atoms with Gasteiger partial charge in [-0.25, -0.2) is 0 Å². The highest BCUT2D eigenvalue weighted by Gasteiger charge is 2.35. The second-order valence-electron chi connectivity index (χ2n) is 9.17. The van der Waals surface area contributed by atoms with Crippen molar-refractivity contribution in [1.29, 1.82) is 0 Å². The van der Waals surface area contributed by atoms with Crippen LogP contribution in [-0.2, 0) is 24.1 Å². The molecular weight excluding hydrogens is 447 g/mol. The Morgan fingerprint density at radius 1 is 1.06 bits per heavy atom. The number of aromatic nitrogens is 1. The number of aryl methyl sites for hydroxylation is 1. The molecule has 1 N–H and O–H groups in total. The lowest BCUT2D eigenvalue weighted by Crippen LogP contribution is -2.16. The summed E-state index contributed by atoms with van der Waals surface area (Å²) in [6.07, 6.45) is -0.243. The van der Waals surface area contributed by atoms with E-state index < -0.39 is 17.7 Å². The van der Waals surface area contributed by atoms with Gasteiger partial charge in [0.15, 0.2) is 0 Å². The first kappa shape index (κ1) is 22.6. The second kappa shape index (κ2) is 8.89. The van der Waals surface area contributed by atoms with Gasteiger partial charge in [-0.1, -0.05) is 6.07 Å². The number of rotatable bonds is 7. The van der Waals surface area contributed by atoms with E-state index in [1.54, 1.807) is 12.1 Å². The second-order valence-corrected chi connectivity index (χ2v) is 9.17. The van der Waals surface area contributed by atoms with E-state index in [0.29, 0.717) is 11.3 Å². The minimum atomic E-state index is -4.51. The number of carboxylic acids is 1. The maximum absolute atomic E-state index is 13.7. The topological polar surface area (TPSA) is 60.7 Å². The molecule has 1 atom stereocenters. The summed E-state index contributed by atoms with van der Waals surface area (Å²) < 4.78 is 54.6. The fourth-order valence-corrected chi connectivity index (χ4v) is 5.14. The molecule has 1 aliphatic carbocycles. The molecule has 1 aromatic heterocycles. The van der Waals surface area contributed by atoms with E-state index >= 15 is 0 Å². The van der Waals surface area contributed by atoms with Crippen molar-refractivity contribution in [3.8, 4) is 11.5 Å². The number of halogens is 3. The molecule has 2 heterocycles. The molecule has 0 radical (unpaired) electrons. The fraction of sp³-hybridized carbons (Fsp3) is 0.423. The molecule has 1 fully saturated rings. The molecule has 180 valence electrons. The molecule has 2 aliphatic rings. The molecule has 0 amide bonds. The number of nitrogens with zero attached hydrogens (tertiary/aromatic N) is 1. The molecule has 5 rings (SSSR count). The summed E-state index contributed by atoms with van der Waals surface area (Å²) in [7, 11) is 0. The smallest absolute Gasteiger partial charge is 0.419 e. The van der Waals surface area contributed by atoms with E-state index in [1.165, 1.54) is 6.07 Å². The van der Waals surface area contributed by atoms with Crippen molar-refractivity contribution >= 4 is 16.9 Å². The van der Waals surface area contributed by atoms with Crippen LogP contribution in [0.5, 0.6) is 11.5 Å². The highest BCUT2D eigenvalue weighted by molar-refractivity contribution is 5.83. The minimum absolute atomic E-state index is 0.00645. The van der Waals surface area contributed by atoms with Crippen molar-refractivity contribution < 1.29 is 32.5 Å². The Hall–Kier alpha value is -3.16. The van der Waals surface area contributed by atoms with Crippen LogP contribution in [0.15, 0.2) is 42.5 Å². The molecule has 8 heteroatoms. The number of carboxylic acid groups (broad SMARTS) is 1. The number of aliphatic carboxylic acids is 1. The van der Waals surface area contributed by atoms with Crippen LogP contribution in [0, 0.1) is 0 Å². The van der Waals surface area contributed by atoms with Crippen molar-refractivity contribution in [3.63, 3.8) is 0 Å². The van der Waals surface area contributed by atoms with Crippen LogP contribution in [0.3, 0.4) is 0 Å². The van der Waals surface area contributed by atoms with Gasteiger partial charge in [-0.05, 0) is 74.1 Å². The maximum Gasteiger partial charge on any atom is 0.419 e. The quantitative estimate of drug-likeness (QED) is 0.424. The first-order chi connectivity index (χ1) is 16.3. The molecule has 2 aromatic carbocycles. The number of hydrogen-bond acceptors (Lipinski definition) is 3. The van der Waals surface area contributed by atoms with E-state index in [9.17, 15) is 18.0 Å². The molecule has 0 unspecified atom stereocenters. The van der Waals surface area contributed by atoms with Crippen molar-refractivity contribution in [2.75, 3.05) is 0 Å².